The molecule has 190 valence electrons. The monoisotopic (exact) mass is 480 g/mol. The van der Waals surface area contributed by atoms with Crippen molar-refractivity contribution in [3.8, 4) is 0 Å². The fourth-order valence-corrected chi connectivity index (χ4v) is 4.49. The number of aliphatic hydroxyl groups excluding tert-OH is 1. The van der Waals surface area contributed by atoms with E-state index in [1.807, 2.05) is 56.4 Å². The lowest BCUT2D eigenvalue weighted by atomic mass is 10.00. The van der Waals surface area contributed by atoms with E-state index in [0.29, 0.717) is 38.0 Å². The van der Waals surface area contributed by atoms with Crippen molar-refractivity contribution in [1.82, 2.24) is 10.2 Å². The Labute approximate surface area is 209 Å². The van der Waals surface area contributed by atoms with E-state index in [1.165, 1.54) is 0 Å². The van der Waals surface area contributed by atoms with Crippen molar-refractivity contribution in [1.29, 1.82) is 0 Å². The van der Waals surface area contributed by atoms with Crippen molar-refractivity contribution in [2.45, 2.75) is 58.1 Å². The van der Waals surface area contributed by atoms with E-state index >= 15 is 0 Å². The number of anilines is 2. The Morgan fingerprint density at radius 1 is 1.17 bits per heavy atom. The summed E-state index contributed by atoms with van der Waals surface area (Å²) in [5, 5.41) is 17.5. The molecule has 3 rings (SSSR count). The van der Waals surface area contributed by atoms with Crippen molar-refractivity contribution in [2.75, 3.05) is 43.4 Å². The number of hydrogen-bond donors (Lipinski definition) is 3. The highest BCUT2D eigenvalue weighted by Crippen LogP contribution is 2.27. The fraction of sp³-hybridized carbons (Fsp3) is 0.500. The second kappa shape index (κ2) is 13.3. The number of nitrogens with zero attached hydrogens (tertiary/aromatic N) is 2. The minimum atomic E-state index is -0.724. The van der Waals surface area contributed by atoms with E-state index in [4.69, 9.17) is 0 Å². The van der Waals surface area contributed by atoms with Gasteiger partial charge in [-0.2, -0.15) is 0 Å². The van der Waals surface area contributed by atoms with Crippen LogP contribution in [0.2, 0.25) is 0 Å². The van der Waals surface area contributed by atoms with E-state index in [0.717, 1.165) is 42.7 Å². The third-order valence-corrected chi connectivity index (χ3v) is 6.42. The molecule has 2 atom stereocenters. The van der Waals surface area contributed by atoms with Crippen LogP contribution in [0.25, 0.3) is 0 Å². The summed E-state index contributed by atoms with van der Waals surface area (Å²) in [5.41, 5.74) is 3.06. The minimum absolute atomic E-state index is 0.0810. The van der Waals surface area contributed by atoms with Gasteiger partial charge in [0.2, 0.25) is 5.91 Å². The molecule has 2 aromatic carbocycles. The first-order chi connectivity index (χ1) is 16.9. The first kappa shape index (κ1) is 26.7. The van der Waals surface area contributed by atoms with Gasteiger partial charge in [0.05, 0.1) is 12.1 Å². The van der Waals surface area contributed by atoms with Gasteiger partial charge in [-0.05, 0) is 63.5 Å². The quantitative estimate of drug-likeness (QED) is 0.407. The van der Waals surface area contributed by atoms with Gasteiger partial charge < -0.3 is 25.5 Å². The number of rotatable bonds is 13. The Hall–Kier alpha value is -2.90. The Morgan fingerprint density at radius 2 is 1.94 bits per heavy atom. The van der Waals surface area contributed by atoms with Crippen molar-refractivity contribution < 1.29 is 14.7 Å². The molecule has 7 heteroatoms. The zero-order chi connectivity index (χ0) is 25.2. The van der Waals surface area contributed by atoms with Gasteiger partial charge in [0, 0.05) is 43.0 Å². The molecule has 2 amide bonds. The topological polar surface area (TPSA) is 84.9 Å². The lowest BCUT2D eigenvalue weighted by molar-refractivity contribution is -0.117. The maximum absolute atomic E-state index is 13.4. The Bertz CT molecular complexity index is 966. The third kappa shape index (κ3) is 7.80. The molecule has 1 fully saturated rings. The standard InChI is InChI=1S/C28H40N4O3/c1-4-6-14-31(3)20-26(33)25(16-21-11-8-7-9-12-21)30-28(35)22-17-23(29-5-2)19-24(18-22)32-15-10-13-27(32)34/h7-9,11-12,17-19,25-26,29,33H,4-6,10,13-16,20H2,1-3H3,(H,30,35)/t25-,26+/m0/s1. The first-order valence-electron chi connectivity index (χ1n) is 12.8. The summed E-state index contributed by atoms with van der Waals surface area (Å²) in [5.74, 6) is -0.175. The van der Waals surface area contributed by atoms with Crippen LogP contribution in [0.4, 0.5) is 11.4 Å². The van der Waals surface area contributed by atoms with Gasteiger partial charge in [0.15, 0.2) is 0 Å². The van der Waals surface area contributed by atoms with Crippen LogP contribution in [-0.4, -0.2) is 67.2 Å². The SMILES string of the molecule is CCCCN(C)C[C@@H](O)[C@H](Cc1ccccc1)NC(=O)c1cc(NCC)cc(N2CCCC2=O)c1. The smallest absolute Gasteiger partial charge is 0.251 e. The summed E-state index contributed by atoms with van der Waals surface area (Å²) in [4.78, 5) is 29.6. The van der Waals surface area contributed by atoms with Crippen LogP contribution in [0, 0.1) is 0 Å². The highest BCUT2D eigenvalue weighted by molar-refractivity contribution is 6.00. The molecule has 0 aliphatic carbocycles. The normalized spacial score (nSPS) is 15.3. The van der Waals surface area contributed by atoms with E-state index in [2.05, 4.69) is 22.5 Å². The molecular formula is C28H40N4O3. The average molecular weight is 481 g/mol. The van der Waals surface area contributed by atoms with Gasteiger partial charge >= 0.3 is 0 Å². The molecule has 35 heavy (non-hydrogen) atoms. The van der Waals surface area contributed by atoms with Crippen LogP contribution >= 0.6 is 0 Å². The summed E-state index contributed by atoms with van der Waals surface area (Å²) in [7, 11) is 2.00. The molecule has 1 saturated heterocycles. The molecule has 3 N–H and O–H groups in total. The number of nitrogens with one attached hydrogen (secondary N) is 2. The number of carbonyl (C=O) groups is 2. The van der Waals surface area contributed by atoms with E-state index in [-0.39, 0.29) is 11.8 Å². The maximum Gasteiger partial charge on any atom is 0.251 e. The van der Waals surface area contributed by atoms with Gasteiger partial charge in [0.1, 0.15) is 0 Å². The number of hydrogen-bond acceptors (Lipinski definition) is 5. The highest BCUT2D eigenvalue weighted by Gasteiger charge is 2.26. The molecule has 1 aliphatic rings. The van der Waals surface area contributed by atoms with Crippen LogP contribution in [0.15, 0.2) is 48.5 Å². The van der Waals surface area contributed by atoms with Gasteiger partial charge in [-0.3, -0.25) is 9.59 Å². The number of aliphatic hydroxyl groups is 1. The molecule has 2 aromatic rings. The van der Waals surface area contributed by atoms with Gasteiger partial charge in [0.25, 0.3) is 5.91 Å². The molecule has 1 heterocycles. The van der Waals surface area contributed by atoms with Crippen LogP contribution in [0.5, 0.6) is 0 Å². The number of benzene rings is 2. The summed E-state index contributed by atoms with van der Waals surface area (Å²) in [6.07, 6.45) is 3.31. The van der Waals surface area contributed by atoms with Crippen molar-refractivity contribution in [3.63, 3.8) is 0 Å². The van der Waals surface area contributed by atoms with Gasteiger partial charge in [-0.25, -0.2) is 0 Å². The van der Waals surface area contributed by atoms with Crippen molar-refractivity contribution in [2.24, 2.45) is 0 Å². The molecule has 0 unspecified atom stereocenters. The zero-order valence-corrected chi connectivity index (χ0v) is 21.3. The summed E-state index contributed by atoms with van der Waals surface area (Å²) in [6.45, 7) is 6.88. The molecule has 0 radical (unpaired) electrons. The molecular weight excluding hydrogens is 440 g/mol. The Kier molecular flexibility index (Phi) is 10.1. The summed E-state index contributed by atoms with van der Waals surface area (Å²) >= 11 is 0. The molecule has 0 spiro atoms. The number of carbonyl (C=O) groups excluding carboxylic acids is 2. The van der Waals surface area contributed by atoms with Crippen molar-refractivity contribution >= 4 is 23.2 Å². The lowest BCUT2D eigenvalue weighted by Crippen LogP contribution is -2.49. The summed E-state index contributed by atoms with van der Waals surface area (Å²) < 4.78 is 0. The van der Waals surface area contributed by atoms with Gasteiger partial charge in [-0.15, -0.1) is 0 Å². The number of unbranched alkanes of at least 4 members (excludes halogenated alkanes) is 1. The zero-order valence-electron chi connectivity index (χ0n) is 21.3. The third-order valence-electron chi connectivity index (χ3n) is 6.42. The van der Waals surface area contributed by atoms with Crippen LogP contribution < -0.4 is 15.5 Å². The molecule has 7 nitrogen and oxygen atoms in total. The maximum atomic E-state index is 13.4. The second-order valence-electron chi connectivity index (χ2n) is 9.40. The predicted molar refractivity (Wildman–Crippen MR) is 142 cm³/mol. The molecule has 1 aliphatic heterocycles. The number of amides is 2. The highest BCUT2D eigenvalue weighted by atomic mass is 16.3. The van der Waals surface area contributed by atoms with E-state index in [1.54, 1.807) is 11.0 Å². The minimum Gasteiger partial charge on any atom is -0.390 e. The molecule has 0 bridgehead atoms. The van der Waals surface area contributed by atoms with Crippen LogP contribution in [-0.2, 0) is 11.2 Å². The first-order valence-corrected chi connectivity index (χ1v) is 12.8. The predicted octanol–water partition coefficient (Wildman–Crippen LogP) is 3.68. The second-order valence-corrected chi connectivity index (χ2v) is 9.40. The fourth-order valence-electron chi connectivity index (χ4n) is 4.49. The lowest BCUT2D eigenvalue weighted by Gasteiger charge is -2.28. The van der Waals surface area contributed by atoms with E-state index in [9.17, 15) is 14.7 Å². The van der Waals surface area contributed by atoms with Crippen molar-refractivity contribution in [3.05, 3.63) is 59.7 Å². The number of likely N-dealkylation sites (N-methyl/N-ethyl adjacent to an activating group) is 1. The van der Waals surface area contributed by atoms with Crippen LogP contribution in [0.3, 0.4) is 0 Å². The Balaban J connectivity index is 1.82. The Morgan fingerprint density at radius 3 is 2.60 bits per heavy atom. The largest absolute Gasteiger partial charge is 0.390 e. The average Bonchev–Trinajstić information content (AvgIpc) is 3.28. The van der Waals surface area contributed by atoms with E-state index < -0.39 is 12.1 Å². The molecule has 0 aromatic heterocycles. The van der Waals surface area contributed by atoms with Crippen LogP contribution in [0.1, 0.15) is 55.5 Å². The summed E-state index contributed by atoms with van der Waals surface area (Å²) in [6, 6.07) is 15.0. The van der Waals surface area contributed by atoms with Gasteiger partial charge in [-0.1, -0.05) is 43.7 Å². The molecule has 0 saturated carbocycles.